The summed E-state index contributed by atoms with van der Waals surface area (Å²) >= 11 is 0. The van der Waals surface area contributed by atoms with Gasteiger partial charge >= 0.3 is 5.56 Å². The minimum atomic E-state index is -0.215. The molecule has 8 nitrogen and oxygen atoms in total. The molecule has 1 aliphatic heterocycles. The molecule has 0 unspecified atom stereocenters. The number of carbonyl (C=O) groups excluding carboxylic acids is 1. The summed E-state index contributed by atoms with van der Waals surface area (Å²) in [4.78, 5) is 37.2. The van der Waals surface area contributed by atoms with Crippen LogP contribution in [0.5, 0.6) is 0 Å². The second-order valence-corrected chi connectivity index (χ2v) is 11.4. The lowest BCUT2D eigenvalue weighted by atomic mass is 10.1. The van der Waals surface area contributed by atoms with Gasteiger partial charge in [-0.1, -0.05) is 45.2 Å². The van der Waals surface area contributed by atoms with Gasteiger partial charge in [0.15, 0.2) is 0 Å². The number of hydrogen-bond donors (Lipinski definition) is 0. The first-order valence-corrected chi connectivity index (χ1v) is 15.5. The van der Waals surface area contributed by atoms with Gasteiger partial charge in [-0.05, 0) is 82.1 Å². The molecule has 41 heavy (non-hydrogen) atoms. The van der Waals surface area contributed by atoms with Gasteiger partial charge in [-0.25, -0.2) is 9.38 Å². The lowest BCUT2D eigenvalue weighted by Crippen LogP contribution is -2.33. The monoisotopic (exact) mass is 555 g/mol. The van der Waals surface area contributed by atoms with Crippen molar-refractivity contribution >= 4 is 44.8 Å². The Balaban J connectivity index is 1.47. The average molecular weight is 556 g/mol. The van der Waals surface area contributed by atoms with Crippen LogP contribution >= 0.6 is 0 Å². The van der Waals surface area contributed by atoms with E-state index in [1.807, 2.05) is 47.4 Å². The summed E-state index contributed by atoms with van der Waals surface area (Å²) < 4.78 is 9.81. The Hall–Kier alpha value is -3.65. The van der Waals surface area contributed by atoms with E-state index < -0.39 is 0 Å². The molecule has 1 fully saturated rings. The van der Waals surface area contributed by atoms with Crippen molar-refractivity contribution in [3.8, 4) is 0 Å². The number of carbonyl (C=O) groups is 1. The second kappa shape index (κ2) is 12.1. The highest BCUT2D eigenvalue weighted by atomic mass is 16.3. The molecule has 1 aliphatic rings. The van der Waals surface area contributed by atoms with Gasteiger partial charge < -0.3 is 18.8 Å². The van der Waals surface area contributed by atoms with Crippen LogP contribution < -0.4 is 5.56 Å². The van der Waals surface area contributed by atoms with Crippen LogP contribution in [0.15, 0.2) is 51.7 Å². The summed E-state index contributed by atoms with van der Waals surface area (Å²) in [5.74, 6) is 0.653. The zero-order valence-corrected chi connectivity index (χ0v) is 24.4. The number of furan rings is 1. The van der Waals surface area contributed by atoms with Crippen LogP contribution in [-0.4, -0.2) is 62.4 Å². The van der Waals surface area contributed by atoms with Crippen LogP contribution in [0, 0.1) is 0 Å². The topological polar surface area (TPSA) is 76.0 Å². The number of likely N-dealkylation sites (tertiary alicyclic amines) is 1. The molecule has 5 aromatic rings. The number of rotatable bonds is 11. The van der Waals surface area contributed by atoms with Crippen LogP contribution in [0.1, 0.15) is 75.6 Å². The van der Waals surface area contributed by atoms with Gasteiger partial charge in [0.25, 0.3) is 5.91 Å². The first-order chi connectivity index (χ1) is 20.1. The number of aryl methyl sites for hydroxylation is 1. The van der Waals surface area contributed by atoms with Gasteiger partial charge in [-0.15, -0.1) is 0 Å². The highest BCUT2D eigenvalue weighted by molar-refractivity contribution is 6.03. The molecular formula is C33H41N5O3. The summed E-state index contributed by atoms with van der Waals surface area (Å²) in [6.45, 7) is 9.85. The number of imidazole rings is 1. The molecule has 0 bridgehead atoms. The number of aromatic nitrogens is 3. The van der Waals surface area contributed by atoms with E-state index >= 15 is 0 Å². The third-order valence-corrected chi connectivity index (χ3v) is 8.53. The van der Waals surface area contributed by atoms with Gasteiger partial charge in [0, 0.05) is 30.6 Å². The molecule has 0 atom stereocenters. The standard InChI is InChI=1S/C33H41N5O3/c1-3-5-20-36(21-6-4-2)31(39)24-15-16-26-27(23-24)37(22-12-19-35-17-10-7-11-18-35)33-34-29-25-13-8-9-14-28(25)41-30(29)32(40)38(26)33/h8-9,13-16,23H,3-7,10-12,17-22H2,1-2H3. The number of nitrogens with zero attached hydrogens (tertiary/aromatic N) is 5. The van der Waals surface area contributed by atoms with E-state index in [2.05, 4.69) is 23.3 Å². The molecule has 2 aromatic carbocycles. The zero-order valence-electron chi connectivity index (χ0n) is 24.4. The van der Waals surface area contributed by atoms with E-state index in [4.69, 9.17) is 9.40 Å². The van der Waals surface area contributed by atoms with Gasteiger partial charge in [0.1, 0.15) is 11.1 Å². The van der Waals surface area contributed by atoms with E-state index in [0.717, 1.165) is 81.2 Å². The van der Waals surface area contributed by atoms with Crippen LogP contribution in [0.2, 0.25) is 0 Å². The summed E-state index contributed by atoms with van der Waals surface area (Å²) in [7, 11) is 0. The Bertz CT molecular complexity index is 1730. The van der Waals surface area contributed by atoms with E-state index in [-0.39, 0.29) is 17.0 Å². The third-order valence-electron chi connectivity index (χ3n) is 8.53. The van der Waals surface area contributed by atoms with E-state index in [0.29, 0.717) is 29.0 Å². The van der Waals surface area contributed by atoms with Gasteiger partial charge in [0.05, 0.1) is 11.0 Å². The van der Waals surface area contributed by atoms with Crippen molar-refractivity contribution < 1.29 is 9.21 Å². The molecule has 6 rings (SSSR count). The maximum Gasteiger partial charge on any atom is 0.303 e. The lowest BCUT2D eigenvalue weighted by molar-refractivity contribution is 0.0751. The molecular weight excluding hydrogens is 514 g/mol. The lowest BCUT2D eigenvalue weighted by Gasteiger charge is -2.26. The van der Waals surface area contributed by atoms with Crippen LogP contribution in [-0.2, 0) is 6.54 Å². The van der Waals surface area contributed by atoms with Crippen molar-refractivity contribution in [2.24, 2.45) is 0 Å². The van der Waals surface area contributed by atoms with Crippen molar-refractivity contribution in [2.75, 3.05) is 32.7 Å². The molecule has 1 saturated heterocycles. The summed E-state index contributed by atoms with van der Waals surface area (Å²) in [5, 5.41) is 0.838. The molecule has 8 heteroatoms. The van der Waals surface area contributed by atoms with Crippen molar-refractivity contribution in [3.05, 3.63) is 58.4 Å². The van der Waals surface area contributed by atoms with Crippen molar-refractivity contribution in [1.29, 1.82) is 0 Å². The highest BCUT2D eigenvalue weighted by Gasteiger charge is 2.22. The summed E-state index contributed by atoms with van der Waals surface area (Å²) in [6, 6.07) is 13.4. The molecule has 3 aromatic heterocycles. The number of unbranched alkanes of at least 4 members (excludes halogenated alkanes) is 2. The predicted octanol–water partition coefficient (Wildman–Crippen LogP) is 6.47. The van der Waals surface area contributed by atoms with E-state index in [1.165, 1.54) is 19.3 Å². The smallest absolute Gasteiger partial charge is 0.303 e. The molecule has 0 radical (unpaired) electrons. The highest BCUT2D eigenvalue weighted by Crippen LogP contribution is 2.28. The van der Waals surface area contributed by atoms with Gasteiger partial charge in [-0.2, -0.15) is 0 Å². The first-order valence-electron chi connectivity index (χ1n) is 15.5. The number of hydrogen-bond acceptors (Lipinski definition) is 5. The Morgan fingerprint density at radius 1 is 0.927 bits per heavy atom. The number of para-hydroxylation sites is 1. The molecule has 0 aliphatic carbocycles. The van der Waals surface area contributed by atoms with Crippen molar-refractivity contribution in [2.45, 2.75) is 71.8 Å². The van der Waals surface area contributed by atoms with Gasteiger partial charge in [0.2, 0.25) is 11.4 Å². The Morgan fingerprint density at radius 2 is 1.68 bits per heavy atom. The SMILES string of the molecule is CCCCN(CCCC)C(=O)c1ccc2c(c1)n(CCCN1CCCCC1)c1nc3c(oc4ccccc43)c(=O)n21. The fourth-order valence-corrected chi connectivity index (χ4v) is 6.25. The maximum absolute atomic E-state index is 13.9. The minimum Gasteiger partial charge on any atom is -0.448 e. The second-order valence-electron chi connectivity index (χ2n) is 11.4. The predicted molar refractivity (Wildman–Crippen MR) is 165 cm³/mol. The summed E-state index contributed by atoms with van der Waals surface area (Å²) in [6.07, 6.45) is 8.84. The Kier molecular flexibility index (Phi) is 8.10. The fourth-order valence-electron chi connectivity index (χ4n) is 6.25. The number of piperidine rings is 1. The van der Waals surface area contributed by atoms with Crippen molar-refractivity contribution in [3.63, 3.8) is 0 Å². The Morgan fingerprint density at radius 3 is 2.44 bits per heavy atom. The molecule has 0 saturated carbocycles. The molecule has 216 valence electrons. The minimum absolute atomic E-state index is 0.0546. The van der Waals surface area contributed by atoms with Gasteiger partial charge in [-0.3, -0.25) is 9.59 Å². The quantitative estimate of drug-likeness (QED) is 0.187. The third kappa shape index (κ3) is 5.25. The molecule has 4 heterocycles. The molecule has 1 amide bonds. The molecule has 0 N–H and O–H groups in total. The fraction of sp³-hybridized carbons (Fsp3) is 0.485. The average Bonchev–Trinajstić information content (AvgIpc) is 3.53. The zero-order chi connectivity index (χ0) is 28.3. The van der Waals surface area contributed by atoms with Crippen LogP contribution in [0.3, 0.4) is 0 Å². The van der Waals surface area contributed by atoms with Crippen LogP contribution in [0.25, 0.3) is 38.9 Å². The maximum atomic E-state index is 13.9. The first kappa shape index (κ1) is 27.5. The normalized spacial score (nSPS) is 14.6. The molecule has 0 spiro atoms. The van der Waals surface area contributed by atoms with Crippen molar-refractivity contribution in [1.82, 2.24) is 23.8 Å². The summed E-state index contributed by atoms with van der Waals surface area (Å²) in [5.41, 5.74) is 3.58. The van der Waals surface area contributed by atoms with E-state index in [9.17, 15) is 9.59 Å². The number of fused-ring (bicyclic) bond motifs is 6. The largest absolute Gasteiger partial charge is 0.448 e. The Labute approximate surface area is 240 Å². The van der Waals surface area contributed by atoms with E-state index in [1.54, 1.807) is 4.40 Å². The number of amides is 1. The van der Waals surface area contributed by atoms with Crippen LogP contribution in [0.4, 0.5) is 0 Å². The number of benzene rings is 2.